The Morgan fingerprint density at radius 2 is 1.88 bits per heavy atom. The van der Waals surface area contributed by atoms with Gasteiger partial charge < -0.3 is 0 Å². The van der Waals surface area contributed by atoms with Crippen LogP contribution < -0.4 is 0 Å². The van der Waals surface area contributed by atoms with E-state index in [2.05, 4.69) is 36.9 Å². The van der Waals surface area contributed by atoms with Gasteiger partial charge in [-0.1, -0.05) is 27.7 Å². The van der Waals surface area contributed by atoms with E-state index < -0.39 is 0 Å². The molecule has 0 saturated heterocycles. The van der Waals surface area contributed by atoms with E-state index >= 15 is 0 Å². The zero-order valence-corrected chi connectivity index (χ0v) is 11.1. The minimum atomic E-state index is 0.516. The maximum atomic E-state index is 4.53. The first-order valence-corrected chi connectivity index (χ1v) is 5.89. The van der Waals surface area contributed by atoms with E-state index in [1.807, 2.05) is 31.8 Å². The van der Waals surface area contributed by atoms with Gasteiger partial charge in [0.1, 0.15) is 5.52 Å². The molecule has 0 N–H and O–H groups in total. The van der Waals surface area contributed by atoms with Gasteiger partial charge in [-0.15, -0.1) is 0 Å². The molecule has 0 radical (unpaired) electrons. The second-order valence-electron chi connectivity index (χ2n) is 3.99. The molecule has 0 atom stereocenters. The molecule has 2 aromatic rings. The van der Waals surface area contributed by atoms with Crippen LogP contribution in [0.5, 0.6) is 0 Å². The largest absolute Gasteiger partial charge is 0.266 e. The molecule has 16 heavy (non-hydrogen) atoms. The Bertz CT molecular complexity index is 469. The molecule has 0 aliphatic carbocycles. The lowest BCUT2D eigenvalue weighted by Crippen LogP contribution is -1.97. The average molecular weight is 219 g/mol. The Hall–Kier alpha value is -1.38. The summed E-state index contributed by atoms with van der Waals surface area (Å²) < 4.78 is 1.87. The fourth-order valence-corrected chi connectivity index (χ4v) is 1.77. The highest BCUT2D eigenvalue weighted by atomic mass is 15.3. The summed E-state index contributed by atoms with van der Waals surface area (Å²) in [5.74, 6) is 0.516. The number of fused-ring (bicyclic) bond motifs is 1. The molecule has 2 rings (SSSR count). The van der Waals surface area contributed by atoms with Gasteiger partial charge in [-0.05, 0) is 24.5 Å². The van der Waals surface area contributed by atoms with Crippen LogP contribution in [-0.2, 0) is 7.05 Å². The van der Waals surface area contributed by atoms with Crippen LogP contribution in [0, 0.1) is 6.92 Å². The van der Waals surface area contributed by atoms with Crippen molar-refractivity contribution in [3.63, 3.8) is 0 Å². The summed E-state index contributed by atoms with van der Waals surface area (Å²) in [4.78, 5) is 4.53. The number of pyridine rings is 1. The maximum absolute atomic E-state index is 4.53. The number of aromatic nitrogens is 3. The Kier molecular flexibility index (Phi) is 4.05. The minimum absolute atomic E-state index is 0.516. The van der Waals surface area contributed by atoms with Crippen LogP contribution in [0.3, 0.4) is 0 Å². The normalized spacial score (nSPS) is 10.4. The summed E-state index contributed by atoms with van der Waals surface area (Å²) in [6.45, 7) is 10.4. The van der Waals surface area contributed by atoms with E-state index in [-0.39, 0.29) is 0 Å². The third-order valence-corrected chi connectivity index (χ3v) is 2.58. The molecule has 2 heterocycles. The van der Waals surface area contributed by atoms with Gasteiger partial charge in [0.15, 0.2) is 0 Å². The van der Waals surface area contributed by atoms with Crippen molar-refractivity contribution in [2.75, 3.05) is 0 Å². The van der Waals surface area contributed by atoms with E-state index in [1.165, 1.54) is 5.56 Å². The predicted molar refractivity (Wildman–Crippen MR) is 68.7 cm³/mol. The maximum Gasteiger partial charge on any atom is 0.109 e. The van der Waals surface area contributed by atoms with E-state index in [9.17, 15) is 0 Å². The van der Waals surface area contributed by atoms with Crippen LogP contribution in [0.25, 0.3) is 11.0 Å². The number of hydrogen-bond acceptors (Lipinski definition) is 2. The van der Waals surface area contributed by atoms with Crippen molar-refractivity contribution in [2.45, 2.75) is 40.5 Å². The van der Waals surface area contributed by atoms with Gasteiger partial charge >= 0.3 is 0 Å². The van der Waals surface area contributed by atoms with Crippen LogP contribution in [0.4, 0.5) is 0 Å². The molecule has 3 heteroatoms. The quantitative estimate of drug-likeness (QED) is 0.735. The third-order valence-electron chi connectivity index (χ3n) is 2.58. The van der Waals surface area contributed by atoms with E-state index in [0.29, 0.717) is 5.92 Å². The van der Waals surface area contributed by atoms with E-state index in [4.69, 9.17) is 0 Å². The Labute approximate surface area is 97.5 Å². The highest BCUT2D eigenvalue weighted by Gasteiger charge is 2.08. The number of hydrogen-bond donors (Lipinski definition) is 0. The second kappa shape index (κ2) is 5.10. The monoisotopic (exact) mass is 219 g/mol. The topological polar surface area (TPSA) is 30.7 Å². The summed E-state index contributed by atoms with van der Waals surface area (Å²) in [6.07, 6.45) is 1.81. The van der Waals surface area contributed by atoms with Crippen LogP contribution in [0.15, 0.2) is 12.3 Å². The summed E-state index contributed by atoms with van der Waals surface area (Å²) in [7, 11) is 1.95. The fourth-order valence-electron chi connectivity index (χ4n) is 1.77. The molecule has 3 nitrogen and oxygen atoms in total. The first-order chi connectivity index (χ1) is 7.59. The zero-order chi connectivity index (χ0) is 12.3. The lowest BCUT2D eigenvalue weighted by atomic mass is 10.0. The molecule has 0 saturated carbocycles. The Morgan fingerprint density at radius 3 is 2.44 bits per heavy atom. The van der Waals surface area contributed by atoms with Crippen molar-refractivity contribution in [3.8, 4) is 0 Å². The van der Waals surface area contributed by atoms with Crippen molar-refractivity contribution in [1.29, 1.82) is 0 Å². The molecule has 0 amide bonds. The lowest BCUT2D eigenvalue weighted by Gasteiger charge is -2.08. The number of nitrogens with zero attached hydrogens (tertiary/aromatic N) is 3. The molecule has 88 valence electrons. The standard InChI is InChI=1S/C11H15N3.C2H6/c1-7(2)9-5-11-10(13-8(9)3)6-12-14(11)4;1-2/h5-7H,1-4H3;1-2H3. The van der Waals surface area contributed by atoms with Gasteiger partial charge in [-0.3, -0.25) is 4.68 Å². The minimum Gasteiger partial charge on any atom is -0.266 e. The van der Waals surface area contributed by atoms with Gasteiger partial charge in [0.05, 0.1) is 11.7 Å². The number of rotatable bonds is 1. The molecule has 0 fully saturated rings. The van der Waals surface area contributed by atoms with E-state index in [0.717, 1.165) is 16.7 Å². The molecule has 0 aliphatic rings. The van der Waals surface area contributed by atoms with E-state index in [1.54, 1.807) is 0 Å². The van der Waals surface area contributed by atoms with Gasteiger partial charge in [0, 0.05) is 12.7 Å². The molecule has 2 aromatic heterocycles. The van der Waals surface area contributed by atoms with Crippen molar-refractivity contribution >= 4 is 11.0 Å². The van der Waals surface area contributed by atoms with Crippen LogP contribution in [0.2, 0.25) is 0 Å². The van der Waals surface area contributed by atoms with Crippen molar-refractivity contribution < 1.29 is 0 Å². The Balaban J connectivity index is 0.000000606. The van der Waals surface area contributed by atoms with Crippen molar-refractivity contribution in [2.24, 2.45) is 7.05 Å². The Morgan fingerprint density at radius 1 is 1.25 bits per heavy atom. The van der Waals surface area contributed by atoms with Crippen molar-refractivity contribution in [3.05, 3.63) is 23.5 Å². The highest BCUT2D eigenvalue weighted by Crippen LogP contribution is 2.21. The number of aryl methyl sites for hydroxylation is 2. The van der Waals surface area contributed by atoms with Crippen LogP contribution in [-0.4, -0.2) is 14.8 Å². The molecular weight excluding hydrogens is 198 g/mol. The van der Waals surface area contributed by atoms with Crippen LogP contribution >= 0.6 is 0 Å². The van der Waals surface area contributed by atoms with Gasteiger partial charge in [0.25, 0.3) is 0 Å². The SMILES string of the molecule is CC.Cc1nc2cnn(C)c2cc1C(C)C. The summed E-state index contributed by atoms with van der Waals surface area (Å²) >= 11 is 0. The summed E-state index contributed by atoms with van der Waals surface area (Å²) in [5, 5.41) is 4.19. The molecular formula is C13H21N3. The third kappa shape index (κ3) is 2.23. The molecule has 0 aliphatic heterocycles. The summed E-state index contributed by atoms with van der Waals surface area (Å²) in [5.41, 5.74) is 4.51. The fraction of sp³-hybridized carbons (Fsp3) is 0.538. The molecule has 0 bridgehead atoms. The van der Waals surface area contributed by atoms with Gasteiger partial charge in [-0.25, -0.2) is 4.98 Å². The van der Waals surface area contributed by atoms with Crippen molar-refractivity contribution in [1.82, 2.24) is 14.8 Å². The summed E-state index contributed by atoms with van der Waals surface area (Å²) in [6, 6.07) is 2.19. The molecule has 0 spiro atoms. The predicted octanol–water partition coefficient (Wildman–Crippen LogP) is 3.43. The second-order valence-corrected chi connectivity index (χ2v) is 3.99. The zero-order valence-electron chi connectivity index (χ0n) is 11.1. The smallest absolute Gasteiger partial charge is 0.109 e. The first-order valence-electron chi connectivity index (χ1n) is 5.89. The molecule has 0 aromatic carbocycles. The van der Waals surface area contributed by atoms with Gasteiger partial charge in [0.2, 0.25) is 0 Å². The molecule has 0 unspecified atom stereocenters. The van der Waals surface area contributed by atoms with Gasteiger partial charge in [-0.2, -0.15) is 5.10 Å². The first kappa shape index (κ1) is 12.7. The highest BCUT2D eigenvalue weighted by molar-refractivity contribution is 5.75. The van der Waals surface area contributed by atoms with Crippen LogP contribution in [0.1, 0.15) is 44.9 Å². The average Bonchev–Trinajstić information content (AvgIpc) is 2.61. The lowest BCUT2D eigenvalue weighted by molar-refractivity contribution is 0.792.